The van der Waals surface area contributed by atoms with Crippen molar-refractivity contribution in [3.63, 3.8) is 0 Å². The Hall–Kier alpha value is -8.88. The second-order valence-electron chi connectivity index (χ2n) is 20.3. The van der Waals surface area contributed by atoms with Gasteiger partial charge in [0.15, 0.2) is 11.2 Å². The molecule has 2 heterocycles. The lowest BCUT2D eigenvalue weighted by molar-refractivity contribution is 0.563. The summed E-state index contributed by atoms with van der Waals surface area (Å²) in [5, 5.41) is 3.61. The third kappa shape index (κ3) is 6.14. The summed E-state index contributed by atoms with van der Waals surface area (Å²) in [6.45, 7) is 8.52. The van der Waals surface area contributed by atoms with E-state index >= 15 is 17.6 Å². The minimum absolute atomic E-state index is 0.275. The lowest BCUT2D eigenvalue weighted by Gasteiger charge is -2.47. The molecule has 2 aliphatic rings. The molecule has 2 aliphatic carbocycles. The smallest absolute Gasteiger partial charge is 0.159 e. The Morgan fingerprint density at radius 2 is 0.703 bits per heavy atom. The van der Waals surface area contributed by atoms with Gasteiger partial charge in [0.1, 0.15) is 34.4 Å². The number of para-hydroxylation sites is 4. The molecule has 2 aromatic heterocycles. The molecule has 0 saturated carbocycles. The molecule has 0 N–H and O–H groups in total. The minimum atomic E-state index is -0.998. The summed E-state index contributed by atoms with van der Waals surface area (Å²) in [6.07, 6.45) is 0. The largest absolute Gasteiger partial charge is 0.454 e. The molecule has 10 aromatic carbocycles. The zero-order valence-corrected chi connectivity index (χ0v) is 40.7. The number of halogens is 4. The van der Waals surface area contributed by atoms with Crippen molar-refractivity contribution >= 4 is 78.0 Å². The molecule has 0 atom stereocenters. The number of hydrogen-bond acceptors (Lipinski definition) is 4. The molecule has 0 saturated heterocycles. The highest BCUT2D eigenvalue weighted by Gasteiger charge is 2.54. The highest BCUT2D eigenvalue weighted by atomic mass is 19.1. The Labute approximate surface area is 424 Å². The van der Waals surface area contributed by atoms with Crippen molar-refractivity contribution in [3.05, 3.63) is 262 Å². The van der Waals surface area contributed by atoms with E-state index in [1.807, 2.05) is 109 Å². The van der Waals surface area contributed by atoms with Crippen molar-refractivity contribution < 1.29 is 26.4 Å². The van der Waals surface area contributed by atoms with Gasteiger partial charge in [-0.25, -0.2) is 17.6 Å². The molecule has 74 heavy (non-hydrogen) atoms. The molecule has 0 unspecified atom stereocenters. The van der Waals surface area contributed by atoms with E-state index in [2.05, 4.69) is 86.6 Å². The number of rotatable bonds is 6. The summed E-state index contributed by atoms with van der Waals surface area (Å²) in [5.74, 6) is -2.87. The first-order valence-electron chi connectivity index (χ1n) is 24.7. The summed E-state index contributed by atoms with van der Waals surface area (Å²) >= 11 is 0. The quantitative estimate of drug-likeness (QED) is 0.155. The topological polar surface area (TPSA) is 32.8 Å². The fourth-order valence-electron chi connectivity index (χ4n) is 12.6. The molecular formula is C66H44F4N2O2. The maximum atomic E-state index is 15.7. The molecule has 1 spiro atoms. The normalized spacial score (nSPS) is 13.9. The third-order valence-electron chi connectivity index (χ3n) is 15.7. The summed E-state index contributed by atoms with van der Waals surface area (Å²) in [4.78, 5) is 3.77. The molecule has 0 amide bonds. The summed E-state index contributed by atoms with van der Waals surface area (Å²) in [5.41, 5.74) is 14.4. The maximum Gasteiger partial charge on any atom is 0.159 e. The molecule has 358 valence electrons. The first-order chi connectivity index (χ1) is 35.9. The first kappa shape index (κ1) is 43.9. The highest BCUT2D eigenvalue weighted by Crippen LogP contribution is 2.64. The Morgan fingerprint density at radius 3 is 1.11 bits per heavy atom. The van der Waals surface area contributed by atoms with E-state index in [-0.39, 0.29) is 11.4 Å². The van der Waals surface area contributed by atoms with E-state index in [9.17, 15) is 0 Å². The molecule has 14 rings (SSSR count). The van der Waals surface area contributed by atoms with Crippen LogP contribution in [0.3, 0.4) is 0 Å². The van der Waals surface area contributed by atoms with Crippen LogP contribution in [-0.2, 0) is 10.8 Å². The van der Waals surface area contributed by atoms with Crippen molar-refractivity contribution in [1.82, 2.24) is 0 Å². The van der Waals surface area contributed by atoms with E-state index in [0.29, 0.717) is 33.9 Å². The lowest BCUT2D eigenvalue weighted by Crippen LogP contribution is -2.40. The zero-order valence-electron chi connectivity index (χ0n) is 40.7. The lowest BCUT2D eigenvalue weighted by atomic mass is 9.55. The number of anilines is 6. The van der Waals surface area contributed by atoms with Gasteiger partial charge in [-0.15, -0.1) is 0 Å². The van der Waals surface area contributed by atoms with Crippen LogP contribution >= 0.6 is 0 Å². The molecule has 0 bridgehead atoms. The fourth-order valence-corrected chi connectivity index (χ4v) is 12.6. The van der Waals surface area contributed by atoms with E-state index in [4.69, 9.17) is 8.83 Å². The van der Waals surface area contributed by atoms with Crippen LogP contribution in [0.4, 0.5) is 51.7 Å². The van der Waals surface area contributed by atoms with Gasteiger partial charge in [0, 0.05) is 50.5 Å². The molecule has 0 fully saturated rings. The molecule has 4 nitrogen and oxygen atoms in total. The van der Waals surface area contributed by atoms with Crippen LogP contribution in [0.5, 0.6) is 0 Å². The number of nitrogens with zero attached hydrogens (tertiary/aromatic N) is 2. The van der Waals surface area contributed by atoms with E-state index in [1.54, 1.807) is 0 Å². The van der Waals surface area contributed by atoms with Crippen molar-refractivity contribution in [2.45, 2.75) is 38.5 Å². The highest BCUT2D eigenvalue weighted by molar-refractivity contribution is 6.12. The van der Waals surface area contributed by atoms with Crippen LogP contribution in [0.15, 0.2) is 203 Å². The average Bonchev–Trinajstić information content (AvgIpc) is 4.11. The molecule has 0 aliphatic heterocycles. The van der Waals surface area contributed by atoms with Crippen molar-refractivity contribution in [2.75, 3.05) is 9.80 Å². The van der Waals surface area contributed by atoms with Gasteiger partial charge in [-0.3, -0.25) is 0 Å². The molecule has 12 aromatic rings. The van der Waals surface area contributed by atoms with E-state index < -0.39 is 34.1 Å². The second kappa shape index (κ2) is 15.8. The Morgan fingerprint density at radius 1 is 0.338 bits per heavy atom. The second-order valence-corrected chi connectivity index (χ2v) is 20.3. The van der Waals surface area contributed by atoms with Gasteiger partial charge in [0.2, 0.25) is 0 Å². The van der Waals surface area contributed by atoms with Crippen LogP contribution in [-0.4, -0.2) is 0 Å². The molecular weight excluding hydrogens is 929 g/mol. The number of fused-ring (bicyclic) bond motifs is 15. The number of benzene rings is 10. The molecule has 8 heteroatoms. The minimum Gasteiger partial charge on any atom is -0.454 e. The van der Waals surface area contributed by atoms with Crippen molar-refractivity contribution in [1.29, 1.82) is 0 Å². The summed E-state index contributed by atoms with van der Waals surface area (Å²) in [7, 11) is 0. The van der Waals surface area contributed by atoms with Gasteiger partial charge >= 0.3 is 0 Å². The number of furan rings is 2. The van der Waals surface area contributed by atoms with Crippen LogP contribution in [0.1, 0.15) is 58.4 Å². The summed E-state index contributed by atoms with van der Waals surface area (Å²) in [6, 6.07) is 60.7. The van der Waals surface area contributed by atoms with Crippen molar-refractivity contribution in [3.8, 4) is 11.1 Å². The van der Waals surface area contributed by atoms with Gasteiger partial charge in [-0.2, -0.15) is 0 Å². The van der Waals surface area contributed by atoms with E-state index in [0.717, 1.165) is 100 Å². The maximum absolute atomic E-state index is 15.7. The third-order valence-corrected chi connectivity index (χ3v) is 15.7. The number of hydrogen-bond donors (Lipinski definition) is 0. The predicted molar refractivity (Wildman–Crippen MR) is 289 cm³/mol. The van der Waals surface area contributed by atoms with Crippen LogP contribution < -0.4 is 9.80 Å². The van der Waals surface area contributed by atoms with E-state index in [1.165, 1.54) is 24.3 Å². The number of aryl methyl sites for hydroxylation is 2. The van der Waals surface area contributed by atoms with Crippen LogP contribution in [0.25, 0.3) is 55.0 Å². The van der Waals surface area contributed by atoms with Crippen LogP contribution in [0.2, 0.25) is 0 Å². The Kier molecular flexibility index (Phi) is 9.37. The monoisotopic (exact) mass is 972 g/mol. The zero-order chi connectivity index (χ0) is 50.4. The van der Waals surface area contributed by atoms with Crippen molar-refractivity contribution in [2.24, 2.45) is 0 Å². The molecule has 0 radical (unpaired) electrons. The Bertz CT molecular complexity index is 4040. The SMILES string of the molecule is Cc1cccc2c1oc1c(N(c3cc(F)cc(F)c3)c3ccc4c(c3)C3(c5cc(N(c6cc(F)cc(F)c6)c6cccc7c6oc6c(C)cccc67)ccc5-4)c4ccccc4C(C)(C)c4ccccc43)cccc12. The van der Waals surface area contributed by atoms with Gasteiger partial charge in [0.05, 0.1) is 28.2 Å². The standard InChI is InChI=1S/C66H44F4N2O2/c1-37-13-9-15-49-51-17-11-23-59(63(51)73-61(37)49)71(45-31-39(67)29-40(68)32-45)43-25-27-47-48-28-26-44(36-58(48)66(57(47)35-43)55-21-7-5-19-53(55)65(3,4)54-20-6-8-22-56(54)66)72(46-33-41(69)30-42(70)34-46)60-24-12-18-52-50-16-10-14-38(2)62(50)74-64(52)60/h5-36H,1-4H3. The van der Waals surface area contributed by atoms with Crippen LogP contribution in [0, 0.1) is 37.1 Å². The van der Waals surface area contributed by atoms with Gasteiger partial charge in [0.25, 0.3) is 0 Å². The summed E-state index contributed by atoms with van der Waals surface area (Å²) < 4.78 is 76.1. The fraction of sp³-hybridized carbons (Fsp3) is 0.0909. The van der Waals surface area contributed by atoms with Gasteiger partial charge < -0.3 is 18.6 Å². The average molecular weight is 973 g/mol. The first-order valence-corrected chi connectivity index (χ1v) is 24.7. The predicted octanol–water partition coefficient (Wildman–Crippen LogP) is 18.6. The van der Waals surface area contributed by atoms with Gasteiger partial charge in [-0.05, 0) is 130 Å². The van der Waals surface area contributed by atoms with Gasteiger partial charge in [-0.1, -0.05) is 135 Å². The Balaban J connectivity index is 1.07.